The van der Waals surface area contributed by atoms with Gasteiger partial charge in [-0.25, -0.2) is 0 Å². The summed E-state index contributed by atoms with van der Waals surface area (Å²) in [7, 11) is 0. The summed E-state index contributed by atoms with van der Waals surface area (Å²) in [5.74, 6) is 0.161. The summed E-state index contributed by atoms with van der Waals surface area (Å²) in [4.78, 5) is 24.0. The molecule has 0 aliphatic rings. The molecule has 0 bridgehead atoms. The molecule has 2 amide bonds. The molecule has 0 aliphatic heterocycles. The first-order valence-corrected chi connectivity index (χ1v) is 8.01. The lowest BCUT2D eigenvalue weighted by molar-refractivity contribution is -0.123. The van der Waals surface area contributed by atoms with Gasteiger partial charge in [-0.2, -0.15) is 0 Å². The molecule has 0 unspecified atom stereocenters. The van der Waals surface area contributed by atoms with Gasteiger partial charge >= 0.3 is 0 Å². The second kappa shape index (κ2) is 8.73. The van der Waals surface area contributed by atoms with E-state index in [4.69, 9.17) is 9.47 Å². The second-order valence-corrected chi connectivity index (χ2v) is 5.54. The number of hydrogen-bond donors (Lipinski definition) is 2. The number of nitrogens with one attached hydrogen (secondary N) is 2. The van der Waals surface area contributed by atoms with Gasteiger partial charge in [-0.3, -0.25) is 20.4 Å². The highest BCUT2D eigenvalue weighted by Gasteiger charge is 2.13. The smallest absolute Gasteiger partial charge is 0.276 e. The van der Waals surface area contributed by atoms with E-state index in [1.54, 1.807) is 24.3 Å². The Balaban J connectivity index is 1.86. The number of carbonyl (C=O) groups excluding carboxylic acids is 2. The molecule has 6 heteroatoms. The highest BCUT2D eigenvalue weighted by molar-refractivity contribution is 5.97. The minimum absolute atomic E-state index is 0.198. The van der Waals surface area contributed by atoms with Crippen LogP contribution in [0.2, 0.25) is 0 Å². The van der Waals surface area contributed by atoms with Gasteiger partial charge in [0.25, 0.3) is 11.8 Å². The van der Waals surface area contributed by atoms with Crippen LogP contribution in [-0.4, -0.2) is 25.0 Å². The Morgan fingerprint density at radius 1 is 0.960 bits per heavy atom. The van der Waals surface area contributed by atoms with Gasteiger partial charge in [-0.15, -0.1) is 0 Å². The molecule has 25 heavy (non-hydrogen) atoms. The molecule has 0 saturated heterocycles. The Hall–Kier alpha value is -3.02. The third kappa shape index (κ3) is 5.53. The van der Waals surface area contributed by atoms with Crippen LogP contribution >= 0.6 is 0 Å². The van der Waals surface area contributed by atoms with Crippen LogP contribution in [0.25, 0.3) is 0 Å². The Labute approximate surface area is 147 Å². The minimum atomic E-state index is -0.457. The first-order chi connectivity index (χ1) is 12.0. The fraction of sp³-hybridized carbons (Fsp3) is 0.263. The van der Waals surface area contributed by atoms with Gasteiger partial charge in [0.05, 0.1) is 12.2 Å². The number of aryl methyl sites for hydroxylation is 2. The van der Waals surface area contributed by atoms with Gasteiger partial charge in [0.2, 0.25) is 0 Å². The van der Waals surface area contributed by atoms with Crippen LogP contribution in [0.4, 0.5) is 0 Å². The van der Waals surface area contributed by atoms with E-state index in [9.17, 15) is 9.59 Å². The lowest BCUT2D eigenvalue weighted by atomic mass is 10.1. The maximum atomic E-state index is 12.2. The molecule has 0 atom stereocenters. The van der Waals surface area contributed by atoms with Gasteiger partial charge < -0.3 is 9.47 Å². The average Bonchev–Trinajstić information content (AvgIpc) is 2.58. The molecule has 2 N–H and O–H groups in total. The summed E-state index contributed by atoms with van der Waals surface area (Å²) >= 11 is 0. The monoisotopic (exact) mass is 342 g/mol. The highest BCUT2D eigenvalue weighted by Crippen LogP contribution is 2.17. The van der Waals surface area contributed by atoms with Crippen LogP contribution in [0, 0.1) is 13.8 Å². The van der Waals surface area contributed by atoms with Crippen molar-refractivity contribution in [2.24, 2.45) is 0 Å². The van der Waals surface area contributed by atoms with Gasteiger partial charge in [-0.1, -0.05) is 18.2 Å². The Morgan fingerprint density at radius 2 is 1.64 bits per heavy atom. The molecule has 0 saturated carbocycles. The van der Waals surface area contributed by atoms with Gasteiger partial charge in [0.15, 0.2) is 6.61 Å². The predicted molar refractivity (Wildman–Crippen MR) is 94.6 cm³/mol. The molecule has 132 valence electrons. The van der Waals surface area contributed by atoms with E-state index in [1.165, 1.54) is 0 Å². The number of benzene rings is 2. The fourth-order valence-electron chi connectivity index (χ4n) is 2.33. The van der Waals surface area contributed by atoms with Crippen molar-refractivity contribution in [3.05, 3.63) is 59.2 Å². The Kier molecular flexibility index (Phi) is 6.39. The molecule has 0 heterocycles. The van der Waals surface area contributed by atoms with Gasteiger partial charge in [0.1, 0.15) is 11.5 Å². The molecule has 0 spiro atoms. The van der Waals surface area contributed by atoms with E-state index in [2.05, 4.69) is 10.9 Å². The molecular weight excluding hydrogens is 320 g/mol. The molecule has 2 aromatic rings. The van der Waals surface area contributed by atoms with Crippen molar-refractivity contribution in [2.75, 3.05) is 13.2 Å². The van der Waals surface area contributed by atoms with Gasteiger partial charge in [-0.05, 0) is 56.2 Å². The summed E-state index contributed by atoms with van der Waals surface area (Å²) < 4.78 is 10.8. The fourth-order valence-corrected chi connectivity index (χ4v) is 2.33. The lowest BCUT2D eigenvalue weighted by Crippen LogP contribution is -2.43. The lowest BCUT2D eigenvalue weighted by Gasteiger charge is -2.12. The average molecular weight is 342 g/mol. The van der Waals surface area contributed by atoms with E-state index < -0.39 is 11.8 Å². The van der Waals surface area contributed by atoms with Crippen LogP contribution in [0.1, 0.15) is 28.4 Å². The standard InChI is InChI=1S/C19H22N2O4/c1-4-24-17-8-6-5-7-16(17)19(23)21-20-18(22)12-25-15-10-13(2)9-14(3)11-15/h5-11H,4,12H2,1-3H3,(H,20,22)(H,21,23). The molecule has 2 rings (SSSR count). The third-order valence-electron chi connectivity index (χ3n) is 3.31. The summed E-state index contributed by atoms with van der Waals surface area (Å²) in [6.45, 7) is 5.99. The van der Waals surface area contributed by atoms with Crippen molar-refractivity contribution in [2.45, 2.75) is 20.8 Å². The maximum Gasteiger partial charge on any atom is 0.276 e. The Bertz CT molecular complexity index is 739. The van der Waals surface area contributed by atoms with Crippen molar-refractivity contribution in [1.82, 2.24) is 10.9 Å². The first kappa shape index (κ1) is 18.3. The van der Waals surface area contributed by atoms with E-state index in [1.807, 2.05) is 39.0 Å². The van der Waals surface area contributed by atoms with E-state index in [-0.39, 0.29) is 6.61 Å². The SMILES string of the molecule is CCOc1ccccc1C(=O)NNC(=O)COc1cc(C)cc(C)c1. The van der Waals surface area contributed by atoms with Crippen LogP contribution in [0.15, 0.2) is 42.5 Å². The summed E-state index contributed by atoms with van der Waals surface area (Å²) in [5, 5.41) is 0. The van der Waals surface area contributed by atoms with Crippen molar-refractivity contribution >= 4 is 11.8 Å². The summed E-state index contributed by atoms with van der Waals surface area (Å²) in [6.07, 6.45) is 0. The minimum Gasteiger partial charge on any atom is -0.493 e. The maximum absolute atomic E-state index is 12.2. The van der Waals surface area contributed by atoms with Gasteiger partial charge in [0, 0.05) is 0 Å². The van der Waals surface area contributed by atoms with E-state index in [0.29, 0.717) is 23.7 Å². The number of para-hydroxylation sites is 1. The largest absolute Gasteiger partial charge is 0.493 e. The van der Waals surface area contributed by atoms with Crippen molar-refractivity contribution in [3.63, 3.8) is 0 Å². The van der Waals surface area contributed by atoms with Crippen molar-refractivity contribution < 1.29 is 19.1 Å². The zero-order valence-electron chi connectivity index (χ0n) is 14.6. The Morgan fingerprint density at radius 3 is 2.32 bits per heavy atom. The number of rotatable bonds is 6. The first-order valence-electron chi connectivity index (χ1n) is 8.01. The number of hydrazine groups is 1. The molecule has 2 aromatic carbocycles. The van der Waals surface area contributed by atoms with Crippen LogP contribution in [-0.2, 0) is 4.79 Å². The third-order valence-corrected chi connectivity index (χ3v) is 3.31. The van der Waals surface area contributed by atoms with Crippen LogP contribution < -0.4 is 20.3 Å². The number of carbonyl (C=O) groups is 2. The summed E-state index contributed by atoms with van der Waals surface area (Å²) in [5.41, 5.74) is 7.14. The van der Waals surface area contributed by atoms with E-state index in [0.717, 1.165) is 11.1 Å². The normalized spacial score (nSPS) is 10.0. The molecule has 0 radical (unpaired) electrons. The summed E-state index contributed by atoms with van der Waals surface area (Å²) in [6, 6.07) is 12.5. The zero-order valence-corrected chi connectivity index (χ0v) is 14.6. The quantitative estimate of drug-likeness (QED) is 0.791. The molecule has 0 aromatic heterocycles. The van der Waals surface area contributed by atoms with Crippen LogP contribution in [0.5, 0.6) is 11.5 Å². The number of amides is 2. The topological polar surface area (TPSA) is 76.7 Å². The molecule has 6 nitrogen and oxygen atoms in total. The second-order valence-electron chi connectivity index (χ2n) is 5.54. The van der Waals surface area contributed by atoms with Crippen LogP contribution in [0.3, 0.4) is 0 Å². The molecule has 0 aliphatic carbocycles. The number of hydrogen-bond acceptors (Lipinski definition) is 4. The van der Waals surface area contributed by atoms with Crippen molar-refractivity contribution in [1.29, 1.82) is 0 Å². The molecular formula is C19H22N2O4. The molecule has 0 fully saturated rings. The highest BCUT2D eigenvalue weighted by atomic mass is 16.5. The predicted octanol–water partition coefficient (Wildman–Crippen LogP) is 2.54. The van der Waals surface area contributed by atoms with Crippen molar-refractivity contribution in [3.8, 4) is 11.5 Å². The number of ether oxygens (including phenoxy) is 2. The zero-order chi connectivity index (χ0) is 18.2. The van der Waals surface area contributed by atoms with E-state index >= 15 is 0 Å².